The van der Waals surface area contributed by atoms with Crippen LogP contribution in [-0.2, 0) is 0 Å². The lowest BCUT2D eigenvalue weighted by atomic mass is 10.1. The molecule has 98 valence electrons. The molecule has 2 aromatic rings. The molecular formula is C14H11F3N2. The highest BCUT2D eigenvalue weighted by molar-refractivity contribution is 6.04. The molecule has 0 bridgehead atoms. The van der Waals surface area contributed by atoms with Gasteiger partial charge in [-0.05, 0) is 12.1 Å². The molecule has 19 heavy (non-hydrogen) atoms. The molecule has 0 aliphatic carbocycles. The summed E-state index contributed by atoms with van der Waals surface area (Å²) in [6.07, 6.45) is -4.51. The van der Waals surface area contributed by atoms with Gasteiger partial charge in [-0.25, -0.2) is 0 Å². The third-order valence-corrected chi connectivity index (χ3v) is 2.39. The summed E-state index contributed by atoms with van der Waals surface area (Å²) >= 11 is 0. The summed E-state index contributed by atoms with van der Waals surface area (Å²) in [6.45, 7) is 0. The van der Waals surface area contributed by atoms with Crippen LogP contribution in [0.5, 0.6) is 0 Å². The molecule has 0 radical (unpaired) electrons. The van der Waals surface area contributed by atoms with Crippen molar-refractivity contribution in [2.45, 2.75) is 6.18 Å². The standard InChI is InChI=1S/C14H11F3N2/c15-14(16,17)13(11-7-3-1-4-8-11)19-18-12-9-5-2-6-10-12/h1-10,18H. The zero-order valence-corrected chi connectivity index (χ0v) is 9.85. The Bertz CT molecular complexity index is 548. The van der Waals surface area contributed by atoms with Crippen molar-refractivity contribution < 1.29 is 13.2 Å². The van der Waals surface area contributed by atoms with Gasteiger partial charge in [0.05, 0.1) is 5.69 Å². The molecule has 0 fully saturated rings. The highest BCUT2D eigenvalue weighted by Gasteiger charge is 2.37. The molecule has 0 saturated carbocycles. The fourth-order valence-corrected chi connectivity index (χ4v) is 1.52. The van der Waals surface area contributed by atoms with Gasteiger partial charge in [-0.1, -0.05) is 48.5 Å². The fraction of sp³-hybridized carbons (Fsp3) is 0.0714. The SMILES string of the molecule is FC(F)(F)C(=NNc1ccccc1)c1ccccc1. The van der Waals surface area contributed by atoms with Crippen molar-refractivity contribution in [1.82, 2.24) is 0 Å². The third-order valence-electron chi connectivity index (χ3n) is 2.39. The topological polar surface area (TPSA) is 24.4 Å². The van der Waals surface area contributed by atoms with Crippen molar-refractivity contribution in [1.29, 1.82) is 0 Å². The summed E-state index contributed by atoms with van der Waals surface area (Å²) in [6, 6.07) is 16.0. The number of nitrogens with one attached hydrogen (secondary N) is 1. The molecular weight excluding hydrogens is 253 g/mol. The van der Waals surface area contributed by atoms with Crippen LogP contribution in [0.15, 0.2) is 65.8 Å². The molecule has 0 aliphatic rings. The van der Waals surface area contributed by atoms with Gasteiger partial charge in [-0.2, -0.15) is 18.3 Å². The number of nitrogens with zero attached hydrogens (tertiary/aromatic N) is 1. The van der Waals surface area contributed by atoms with Gasteiger partial charge < -0.3 is 0 Å². The van der Waals surface area contributed by atoms with E-state index < -0.39 is 11.9 Å². The zero-order chi connectivity index (χ0) is 13.7. The Labute approximate surface area is 108 Å². The van der Waals surface area contributed by atoms with Crippen molar-refractivity contribution in [2.24, 2.45) is 5.10 Å². The van der Waals surface area contributed by atoms with Crippen LogP contribution in [0.2, 0.25) is 0 Å². The van der Waals surface area contributed by atoms with Crippen LogP contribution < -0.4 is 5.43 Å². The fourth-order valence-electron chi connectivity index (χ4n) is 1.52. The largest absolute Gasteiger partial charge is 0.435 e. The smallest absolute Gasteiger partial charge is 0.278 e. The molecule has 0 aliphatic heterocycles. The Morgan fingerprint density at radius 3 is 1.89 bits per heavy atom. The van der Waals surface area contributed by atoms with Crippen LogP contribution >= 0.6 is 0 Å². The Morgan fingerprint density at radius 1 is 0.842 bits per heavy atom. The van der Waals surface area contributed by atoms with Crippen LogP contribution in [0.4, 0.5) is 18.9 Å². The minimum absolute atomic E-state index is 0.0263. The quantitative estimate of drug-likeness (QED) is 0.656. The first-order chi connectivity index (χ1) is 9.07. The molecule has 2 rings (SSSR count). The van der Waals surface area contributed by atoms with Crippen LogP contribution in [0, 0.1) is 0 Å². The number of hydrazone groups is 1. The normalized spacial score (nSPS) is 12.3. The van der Waals surface area contributed by atoms with Crippen LogP contribution in [-0.4, -0.2) is 11.9 Å². The molecule has 1 N–H and O–H groups in total. The molecule has 0 amide bonds. The maximum Gasteiger partial charge on any atom is 0.435 e. The number of rotatable bonds is 3. The number of hydrogen-bond donors (Lipinski definition) is 1. The van der Waals surface area contributed by atoms with E-state index >= 15 is 0 Å². The van der Waals surface area contributed by atoms with Gasteiger partial charge in [0.1, 0.15) is 0 Å². The number of para-hydroxylation sites is 1. The van der Waals surface area contributed by atoms with E-state index in [2.05, 4.69) is 10.5 Å². The first-order valence-electron chi connectivity index (χ1n) is 5.59. The molecule has 2 nitrogen and oxygen atoms in total. The molecule has 2 aromatic carbocycles. The van der Waals surface area contributed by atoms with Gasteiger partial charge in [0.15, 0.2) is 5.71 Å². The first kappa shape index (κ1) is 13.1. The second-order valence-electron chi connectivity index (χ2n) is 3.80. The van der Waals surface area contributed by atoms with Gasteiger partial charge >= 0.3 is 6.18 Å². The maximum atomic E-state index is 12.9. The van der Waals surface area contributed by atoms with E-state index in [0.29, 0.717) is 5.69 Å². The van der Waals surface area contributed by atoms with E-state index in [-0.39, 0.29) is 5.56 Å². The summed E-state index contributed by atoms with van der Waals surface area (Å²) in [4.78, 5) is 0. The van der Waals surface area contributed by atoms with Crippen molar-refractivity contribution in [2.75, 3.05) is 5.43 Å². The number of benzene rings is 2. The van der Waals surface area contributed by atoms with Gasteiger partial charge in [0.25, 0.3) is 0 Å². The predicted molar refractivity (Wildman–Crippen MR) is 69.1 cm³/mol. The van der Waals surface area contributed by atoms with E-state index in [1.807, 2.05) is 0 Å². The Kier molecular flexibility index (Phi) is 3.85. The minimum Gasteiger partial charge on any atom is -0.278 e. The number of halogens is 3. The Hall–Kier alpha value is -2.30. The zero-order valence-electron chi connectivity index (χ0n) is 9.85. The molecule has 0 atom stereocenters. The highest BCUT2D eigenvalue weighted by Crippen LogP contribution is 2.22. The minimum atomic E-state index is -4.51. The summed E-state index contributed by atoms with van der Waals surface area (Å²) in [7, 11) is 0. The summed E-state index contributed by atoms with van der Waals surface area (Å²) in [5.41, 5.74) is 2.00. The lowest BCUT2D eigenvalue weighted by Gasteiger charge is -2.11. The van der Waals surface area contributed by atoms with Crippen molar-refractivity contribution in [3.63, 3.8) is 0 Å². The number of anilines is 1. The summed E-state index contributed by atoms with van der Waals surface area (Å²) in [5.74, 6) is 0. The molecule has 0 saturated heterocycles. The van der Waals surface area contributed by atoms with Crippen LogP contribution in [0.3, 0.4) is 0 Å². The van der Waals surface area contributed by atoms with Gasteiger partial charge in [0, 0.05) is 5.56 Å². The Balaban J connectivity index is 2.29. The van der Waals surface area contributed by atoms with Crippen LogP contribution in [0.25, 0.3) is 0 Å². The van der Waals surface area contributed by atoms with E-state index in [1.54, 1.807) is 48.5 Å². The van der Waals surface area contributed by atoms with E-state index in [1.165, 1.54) is 12.1 Å². The van der Waals surface area contributed by atoms with E-state index in [9.17, 15) is 13.2 Å². The van der Waals surface area contributed by atoms with Gasteiger partial charge in [0.2, 0.25) is 0 Å². The van der Waals surface area contributed by atoms with Crippen molar-refractivity contribution in [3.05, 3.63) is 66.2 Å². The van der Waals surface area contributed by atoms with Crippen LogP contribution in [0.1, 0.15) is 5.56 Å². The highest BCUT2D eigenvalue weighted by atomic mass is 19.4. The Morgan fingerprint density at radius 2 is 1.37 bits per heavy atom. The molecule has 0 heterocycles. The first-order valence-corrected chi connectivity index (χ1v) is 5.59. The van der Waals surface area contributed by atoms with Gasteiger partial charge in [-0.3, -0.25) is 5.43 Å². The maximum absolute atomic E-state index is 12.9. The van der Waals surface area contributed by atoms with E-state index in [0.717, 1.165) is 0 Å². The van der Waals surface area contributed by atoms with E-state index in [4.69, 9.17) is 0 Å². The third kappa shape index (κ3) is 3.58. The average Bonchev–Trinajstić information content (AvgIpc) is 2.40. The second-order valence-corrected chi connectivity index (χ2v) is 3.80. The number of alkyl halides is 3. The van der Waals surface area contributed by atoms with Gasteiger partial charge in [-0.15, -0.1) is 0 Å². The molecule has 0 aromatic heterocycles. The monoisotopic (exact) mass is 264 g/mol. The molecule has 5 heteroatoms. The number of hydrogen-bond acceptors (Lipinski definition) is 2. The lowest BCUT2D eigenvalue weighted by molar-refractivity contribution is -0.0581. The molecule has 0 spiro atoms. The molecule has 0 unspecified atom stereocenters. The second kappa shape index (κ2) is 5.56. The predicted octanol–water partition coefficient (Wildman–Crippen LogP) is 4.07. The summed E-state index contributed by atoms with van der Waals surface area (Å²) < 4.78 is 38.8. The lowest BCUT2D eigenvalue weighted by Crippen LogP contribution is -2.25. The van der Waals surface area contributed by atoms with Crippen molar-refractivity contribution in [3.8, 4) is 0 Å². The average molecular weight is 264 g/mol. The summed E-state index contributed by atoms with van der Waals surface area (Å²) in [5, 5.41) is 3.48. The van der Waals surface area contributed by atoms with Crippen molar-refractivity contribution >= 4 is 11.4 Å².